The summed E-state index contributed by atoms with van der Waals surface area (Å²) in [6.07, 6.45) is 4.20. The molecule has 0 aliphatic carbocycles. The van der Waals surface area contributed by atoms with Gasteiger partial charge < -0.3 is 15.1 Å². The zero-order chi connectivity index (χ0) is 11.5. The van der Waals surface area contributed by atoms with Crippen LogP contribution in [-0.4, -0.2) is 28.8 Å². The summed E-state index contributed by atoms with van der Waals surface area (Å²) in [7, 11) is 0. The van der Waals surface area contributed by atoms with E-state index in [1.807, 2.05) is 0 Å². The Balaban J connectivity index is 2.14. The monoisotopic (exact) mass is 224 g/mol. The van der Waals surface area contributed by atoms with Crippen molar-refractivity contribution >= 4 is 6.01 Å². The van der Waals surface area contributed by atoms with Crippen molar-refractivity contribution in [3.63, 3.8) is 0 Å². The molecule has 1 fully saturated rings. The first-order valence-electron chi connectivity index (χ1n) is 6.07. The normalized spacial score (nSPS) is 25.3. The summed E-state index contributed by atoms with van der Waals surface area (Å²) >= 11 is 0. The number of anilines is 1. The molecule has 2 rings (SSSR count). The molecule has 16 heavy (non-hydrogen) atoms. The Morgan fingerprint density at radius 1 is 1.44 bits per heavy atom. The van der Waals surface area contributed by atoms with E-state index >= 15 is 0 Å². The third-order valence-corrected chi connectivity index (χ3v) is 3.29. The SMILES string of the molecule is CCC1CCC(C)N1c1nnc(CCN)o1. The molecule has 5 nitrogen and oxygen atoms in total. The van der Waals surface area contributed by atoms with Crippen molar-refractivity contribution in [1.29, 1.82) is 0 Å². The molecule has 1 saturated heterocycles. The maximum atomic E-state index is 5.63. The summed E-state index contributed by atoms with van der Waals surface area (Å²) < 4.78 is 5.63. The smallest absolute Gasteiger partial charge is 0.318 e. The standard InChI is InChI=1S/C11H20N4O/c1-3-9-5-4-8(2)15(9)11-14-13-10(16-11)6-7-12/h8-9H,3-7,12H2,1-2H3. The Hall–Kier alpha value is -1.10. The van der Waals surface area contributed by atoms with Crippen LogP contribution in [0.5, 0.6) is 0 Å². The fraction of sp³-hybridized carbons (Fsp3) is 0.818. The quantitative estimate of drug-likeness (QED) is 0.835. The molecule has 0 spiro atoms. The molecule has 2 heterocycles. The van der Waals surface area contributed by atoms with Gasteiger partial charge in [0.05, 0.1) is 0 Å². The fourth-order valence-corrected chi connectivity index (χ4v) is 2.39. The molecule has 1 aromatic heterocycles. The molecule has 2 atom stereocenters. The summed E-state index contributed by atoms with van der Waals surface area (Å²) in [6.45, 7) is 4.96. The predicted octanol–water partition coefficient (Wildman–Crippen LogP) is 1.34. The first-order valence-corrected chi connectivity index (χ1v) is 6.07. The Morgan fingerprint density at radius 2 is 2.25 bits per heavy atom. The summed E-state index contributed by atoms with van der Waals surface area (Å²) in [5.74, 6) is 0.645. The lowest BCUT2D eigenvalue weighted by Crippen LogP contribution is -2.34. The molecule has 0 amide bonds. The lowest BCUT2D eigenvalue weighted by molar-refractivity contribution is 0.463. The molecular formula is C11H20N4O. The minimum atomic E-state index is 0.496. The van der Waals surface area contributed by atoms with E-state index in [4.69, 9.17) is 10.2 Å². The second kappa shape index (κ2) is 4.82. The summed E-state index contributed by atoms with van der Waals surface area (Å²) in [5.41, 5.74) is 5.46. The van der Waals surface area contributed by atoms with E-state index in [1.165, 1.54) is 12.8 Å². The number of hydrogen-bond acceptors (Lipinski definition) is 5. The molecule has 1 aliphatic heterocycles. The highest BCUT2D eigenvalue weighted by Gasteiger charge is 2.32. The number of nitrogens with two attached hydrogens (primary N) is 1. The van der Waals surface area contributed by atoms with E-state index in [0.29, 0.717) is 37.0 Å². The van der Waals surface area contributed by atoms with Gasteiger partial charge in [-0.2, -0.15) is 0 Å². The molecule has 2 N–H and O–H groups in total. The average molecular weight is 224 g/mol. The van der Waals surface area contributed by atoms with Crippen molar-refractivity contribution in [2.45, 2.75) is 51.6 Å². The molecule has 0 bridgehead atoms. The number of nitrogens with zero attached hydrogens (tertiary/aromatic N) is 3. The Kier molecular flexibility index (Phi) is 3.43. The summed E-state index contributed by atoms with van der Waals surface area (Å²) in [6, 6.07) is 1.71. The van der Waals surface area contributed by atoms with Crippen LogP contribution in [0.25, 0.3) is 0 Å². The molecule has 0 saturated carbocycles. The number of rotatable bonds is 4. The third-order valence-electron chi connectivity index (χ3n) is 3.29. The van der Waals surface area contributed by atoms with Gasteiger partial charge in [-0.05, 0) is 26.2 Å². The zero-order valence-corrected chi connectivity index (χ0v) is 10.0. The molecule has 0 aromatic carbocycles. The zero-order valence-electron chi connectivity index (χ0n) is 10.0. The van der Waals surface area contributed by atoms with E-state index in [2.05, 4.69) is 28.9 Å². The van der Waals surface area contributed by atoms with Gasteiger partial charge in [0.1, 0.15) is 0 Å². The van der Waals surface area contributed by atoms with Crippen molar-refractivity contribution in [2.75, 3.05) is 11.4 Å². The second-order valence-corrected chi connectivity index (χ2v) is 4.41. The molecule has 5 heteroatoms. The van der Waals surface area contributed by atoms with E-state index in [9.17, 15) is 0 Å². The van der Waals surface area contributed by atoms with Gasteiger partial charge in [-0.25, -0.2) is 0 Å². The van der Waals surface area contributed by atoms with E-state index < -0.39 is 0 Å². The van der Waals surface area contributed by atoms with Crippen molar-refractivity contribution in [3.05, 3.63) is 5.89 Å². The van der Waals surface area contributed by atoms with Crippen LogP contribution in [0, 0.1) is 0 Å². The summed E-state index contributed by atoms with van der Waals surface area (Å²) in [4.78, 5) is 2.26. The molecule has 1 aliphatic rings. The van der Waals surface area contributed by atoms with Gasteiger partial charge in [0, 0.05) is 25.0 Å². The molecule has 90 valence electrons. The van der Waals surface area contributed by atoms with Crippen molar-refractivity contribution in [2.24, 2.45) is 5.73 Å². The second-order valence-electron chi connectivity index (χ2n) is 4.41. The van der Waals surface area contributed by atoms with E-state index in [1.54, 1.807) is 0 Å². The van der Waals surface area contributed by atoms with Crippen LogP contribution in [0.3, 0.4) is 0 Å². The largest absolute Gasteiger partial charge is 0.408 e. The van der Waals surface area contributed by atoms with Crippen LogP contribution in [0.4, 0.5) is 6.01 Å². The summed E-state index contributed by atoms with van der Waals surface area (Å²) in [5, 5.41) is 8.13. The molecule has 1 aromatic rings. The fourth-order valence-electron chi connectivity index (χ4n) is 2.39. The Morgan fingerprint density at radius 3 is 2.94 bits per heavy atom. The van der Waals surface area contributed by atoms with Crippen LogP contribution in [0.2, 0.25) is 0 Å². The molecular weight excluding hydrogens is 204 g/mol. The first-order chi connectivity index (χ1) is 7.76. The van der Waals surface area contributed by atoms with Crippen LogP contribution in [0.15, 0.2) is 4.42 Å². The van der Waals surface area contributed by atoms with Crippen LogP contribution in [-0.2, 0) is 6.42 Å². The van der Waals surface area contributed by atoms with Crippen molar-refractivity contribution in [3.8, 4) is 0 Å². The number of hydrogen-bond donors (Lipinski definition) is 1. The highest BCUT2D eigenvalue weighted by molar-refractivity contribution is 5.31. The Bertz CT molecular complexity index is 338. The van der Waals surface area contributed by atoms with Gasteiger partial charge >= 0.3 is 6.01 Å². The Labute approximate surface area is 96.0 Å². The van der Waals surface area contributed by atoms with Gasteiger partial charge in [-0.3, -0.25) is 0 Å². The lowest BCUT2D eigenvalue weighted by atomic mass is 10.2. The van der Waals surface area contributed by atoms with Crippen LogP contribution >= 0.6 is 0 Å². The first kappa shape index (κ1) is 11.4. The van der Waals surface area contributed by atoms with Gasteiger partial charge in [0.25, 0.3) is 0 Å². The average Bonchev–Trinajstić information content (AvgIpc) is 2.85. The topological polar surface area (TPSA) is 68.2 Å². The molecule has 0 radical (unpaired) electrons. The van der Waals surface area contributed by atoms with Gasteiger partial charge in [-0.15, -0.1) is 5.10 Å². The van der Waals surface area contributed by atoms with Crippen LogP contribution in [0.1, 0.15) is 39.0 Å². The minimum absolute atomic E-state index is 0.496. The highest BCUT2D eigenvalue weighted by Crippen LogP contribution is 2.30. The lowest BCUT2D eigenvalue weighted by Gasteiger charge is -2.25. The van der Waals surface area contributed by atoms with Crippen LogP contribution < -0.4 is 10.6 Å². The maximum Gasteiger partial charge on any atom is 0.318 e. The van der Waals surface area contributed by atoms with E-state index in [0.717, 1.165) is 6.42 Å². The van der Waals surface area contributed by atoms with Crippen molar-refractivity contribution < 1.29 is 4.42 Å². The van der Waals surface area contributed by atoms with E-state index in [-0.39, 0.29) is 0 Å². The van der Waals surface area contributed by atoms with Crippen molar-refractivity contribution in [1.82, 2.24) is 10.2 Å². The van der Waals surface area contributed by atoms with Gasteiger partial charge in [0.15, 0.2) is 0 Å². The molecule has 2 unspecified atom stereocenters. The van der Waals surface area contributed by atoms with Gasteiger partial charge in [-0.1, -0.05) is 12.0 Å². The third kappa shape index (κ3) is 2.04. The number of aromatic nitrogens is 2. The predicted molar refractivity (Wildman–Crippen MR) is 62.3 cm³/mol. The van der Waals surface area contributed by atoms with Gasteiger partial charge in [0.2, 0.25) is 5.89 Å². The minimum Gasteiger partial charge on any atom is -0.408 e. The maximum absolute atomic E-state index is 5.63. The highest BCUT2D eigenvalue weighted by atomic mass is 16.4.